The summed E-state index contributed by atoms with van der Waals surface area (Å²) in [7, 11) is 1.58. The van der Waals surface area contributed by atoms with Crippen molar-refractivity contribution in [1.82, 2.24) is 10.3 Å². The maximum Gasteiger partial charge on any atom is 0.251 e. The molecule has 104 valence electrons. The van der Waals surface area contributed by atoms with Crippen LogP contribution in [-0.4, -0.2) is 23.8 Å². The van der Waals surface area contributed by atoms with E-state index in [1.54, 1.807) is 31.3 Å². The smallest absolute Gasteiger partial charge is 0.251 e. The fourth-order valence-corrected chi connectivity index (χ4v) is 2.32. The minimum absolute atomic E-state index is 0.122. The Morgan fingerprint density at radius 1 is 1.25 bits per heavy atom. The second kappa shape index (κ2) is 6.29. The van der Waals surface area contributed by atoms with Crippen molar-refractivity contribution in [2.45, 2.75) is 13.3 Å². The highest BCUT2D eigenvalue weighted by atomic mass is 32.1. The van der Waals surface area contributed by atoms with E-state index in [0.717, 1.165) is 10.7 Å². The molecule has 2 amide bonds. The Balaban J connectivity index is 1.96. The van der Waals surface area contributed by atoms with Gasteiger partial charge in [0, 0.05) is 23.7 Å². The molecule has 0 aliphatic carbocycles. The lowest BCUT2D eigenvalue weighted by atomic mass is 10.2. The van der Waals surface area contributed by atoms with Gasteiger partial charge in [-0.3, -0.25) is 9.59 Å². The highest BCUT2D eigenvalue weighted by Gasteiger charge is 2.08. The van der Waals surface area contributed by atoms with Crippen LogP contribution >= 0.6 is 11.3 Å². The number of aryl methyl sites for hydroxylation is 1. The number of rotatable bonds is 4. The van der Waals surface area contributed by atoms with E-state index in [4.69, 9.17) is 0 Å². The van der Waals surface area contributed by atoms with Crippen LogP contribution in [0.25, 0.3) is 0 Å². The van der Waals surface area contributed by atoms with E-state index >= 15 is 0 Å². The number of hydrogen-bond donors (Lipinski definition) is 2. The zero-order valence-electron chi connectivity index (χ0n) is 11.3. The van der Waals surface area contributed by atoms with Crippen molar-refractivity contribution in [3.63, 3.8) is 0 Å². The van der Waals surface area contributed by atoms with Crippen molar-refractivity contribution in [3.8, 4) is 0 Å². The molecule has 20 heavy (non-hydrogen) atoms. The summed E-state index contributed by atoms with van der Waals surface area (Å²) in [5.74, 6) is -0.274. The Morgan fingerprint density at radius 3 is 2.50 bits per heavy atom. The lowest BCUT2D eigenvalue weighted by Crippen LogP contribution is -2.18. The zero-order chi connectivity index (χ0) is 14.5. The van der Waals surface area contributed by atoms with Gasteiger partial charge in [0.05, 0.1) is 17.1 Å². The fourth-order valence-electron chi connectivity index (χ4n) is 1.71. The van der Waals surface area contributed by atoms with Gasteiger partial charge >= 0.3 is 0 Å². The number of aromatic nitrogens is 1. The van der Waals surface area contributed by atoms with Crippen LogP contribution in [0.2, 0.25) is 0 Å². The first-order valence-electron chi connectivity index (χ1n) is 6.11. The monoisotopic (exact) mass is 289 g/mol. The average Bonchev–Trinajstić information content (AvgIpc) is 2.84. The second-order valence-corrected chi connectivity index (χ2v) is 5.30. The van der Waals surface area contributed by atoms with Crippen LogP contribution < -0.4 is 10.6 Å². The number of thiazole rings is 1. The summed E-state index contributed by atoms with van der Waals surface area (Å²) in [6.07, 6.45) is 0.252. The van der Waals surface area contributed by atoms with Gasteiger partial charge in [-0.2, -0.15) is 0 Å². The maximum atomic E-state index is 11.8. The average molecular weight is 289 g/mol. The summed E-state index contributed by atoms with van der Waals surface area (Å²) in [6, 6.07) is 6.74. The molecule has 1 aromatic carbocycles. The topological polar surface area (TPSA) is 71.1 Å². The Kier molecular flexibility index (Phi) is 4.47. The van der Waals surface area contributed by atoms with E-state index in [0.29, 0.717) is 11.3 Å². The number of amides is 2. The molecule has 0 fully saturated rings. The molecule has 6 heteroatoms. The Labute approximate surface area is 121 Å². The van der Waals surface area contributed by atoms with Gasteiger partial charge in [0.25, 0.3) is 5.91 Å². The molecule has 2 N–H and O–H groups in total. The summed E-state index contributed by atoms with van der Waals surface area (Å²) in [4.78, 5) is 27.5. The second-order valence-electron chi connectivity index (χ2n) is 4.24. The largest absolute Gasteiger partial charge is 0.355 e. The van der Waals surface area contributed by atoms with E-state index in [1.807, 2.05) is 12.3 Å². The van der Waals surface area contributed by atoms with Crippen LogP contribution in [0.5, 0.6) is 0 Å². The number of carbonyl (C=O) groups is 2. The molecule has 1 heterocycles. The van der Waals surface area contributed by atoms with Gasteiger partial charge in [-0.15, -0.1) is 11.3 Å². The van der Waals surface area contributed by atoms with E-state index in [2.05, 4.69) is 15.6 Å². The standard InChI is InChI=1S/C14H15N3O2S/c1-9-16-12(8-20-9)7-13(18)17-11-5-3-10(4-6-11)14(19)15-2/h3-6,8H,7H2,1-2H3,(H,15,19)(H,17,18). The summed E-state index contributed by atoms with van der Waals surface area (Å²) in [6.45, 7) is 1.91. The third-order valence-corrected chi connectivity index (χ3v) is 3.49. The number of anilines is 1. The molecule has 0 saturated carbocycles. The molecule has 2 rings (SSSR count). The molecule has 0 atom stereocenters. The molecule has 0 unspecified atom stereocenters. The van der Waals surface area contributed by atoms with Crippen molar-refractivity contribution < 1.29 is 9.59 Å². The first-order chi connectivity index (χ1) is 9.58. The van der Waals surface area contributed by atoms with Crippen LogP contribution in [0.1, 0.15) is 21.1 Å². The summed E-state index contributed by atoms with van der Waals surface area (Å²) < 4.78 is 0. The number of benzene rings is 1. The molecule has 0 radical (unpaired) electrons. The highest BCUT2D eigenvalue weighted by Crippen LogP contribution is 2.12. The minimum Gasteiger partial charge on any atom is -0.355 e. The van der Waals surface area contributed by atoms with Gasteiger partial charge in [-0.1, -0.05) is 0 Å². The third-order valence-electron chi connectivity index (χ3n) is 2.67. The fraction of sp³-hybridized carbons (Fsp3) is 0.214. The molecule has 0 aliphatic heterocycles. The van der Waals surface area contributed by atoms with Crippen molar-refractivity contribution >= 4 is 28.8 Å². The number of nitrogens with zero attached hydrogens (tertiary/aromatic N) is 1. The molecule has 1 aromatic heterocycles. The number of nitrogens with one attached hydrogen (secondary N) is 2. The Bertz CT molecular complexity index is 620. The SMILES string of the molecule is CNC(=O)c1ccc(NC(=O)Cc2csc(C)n2)cc1. The molecule has 0 bridgehead atoms. The van der Waals surface area contributed by atoms with E-state index in [1.165, 1.54) is 11.3 Å². The molecule has 0 aliphatic rings. The normalized spacial score (nSPS) is 10.1. The molecule has 2 aromatic rings. The van der Waals surface area contributed by atoms with Gasteiger partial charge in [0.2, 0.25) is 5.91 Å². The molecule has 5 nitrogen and oxygen atoms in total. The predicted molar refractivity (Wildman–Crippen MR) is 79.0 cm³/mol. The molecular weight excluding hydrogens is 274 g/mol. The number of hydrogen-bond acceptors (Lipinski definition) is 4. The molecule has 0 spiro atoms. The lowest BCUT2D eigenvalue weighted by Gasteiger charge is -2.05. The zero-order valence-corrected chi connectivity index (χ0v) is 12.1. The van der Waals surface area contributed by atoms with Crippen molar-refractivity contribution in [1.29, 1.82) is 0 Å². The molecule has 0 saturated heterocycles. The highest BCUT2D eigenvalue weighted by molar-refractivity contribution is 7.09. The summed E-state index contributed by atoms with van der Waals surface area (Å²) >= 11 is 1.52. The third kappa shape index (κ3) is 3.64. The number of carbonyl (C=O) groups excluding carboxylic acids is 2. The summed E-state index contributed by atoms with van der Waals surface area (Å²) in [5.41, 5.74) is 1.99. The van der Waals surface area contributed by atoms with Crippen molar-refractivity contribution in [3.05, 3.63) is 45.9 Å². The van der Waals surface area contributed by atoms with Gasteiger partial charge in [0.1, 0.15) is 0 Å². The first-order valence-corrected chi connectivity index (χ1v) is 6.99. The predicted octanol–water partition coefficient (Wildman–Crippen LogP) is 1.99. The van der Waals surface area contributed by atoms with Gasteiger partial charge < -0.3 is 10.6 Å². The van der Waals surface area contributed by atoms with Crippen LogP contribution in [0.4, 0.5) is 5.69 Å². The van der Waals surface area contributed by atoms with Crippen LogP contribution in [0.3, 0.4) is 0 Å². The minimum atomic E-state index is -0.152. The van der Waals surface area contributed by atoms with Crippen molar-refractivity contribution in [2.75, 3.05) is 12.4 Å². The lowest BCUT2D eigenvalue weighted by molar-refractivity contribution is -0.115. The Morgan fingerprint density at radius 2 is 1.95 bits per heavy atom. The van der Waals surface area contributed by atoms with Gasteiger partial charge in [-0.05, 0) is 31.2 Å². The van der Waals surface area contributed by atoms with E-state index in [9.17, 15) is 9.59 Å². The van der Waals surface area contributed by atoms with Gasteiger partial charge in [-0.25, -0.2) is 4.98 Å². The van der Waals surface area contributed by atoms with Crippen molar-refractivity contribution in [2.24, 2.45) is 0 Å². The van der Waals surface area contributed by atoms with E-state index < -0.39 is 0 Å². The molecular formula is C14H15N3O2S. The Hall–Kier alpha value is -2.21. The van der Waals surface area contributed by atoms with E-state index in [-0.39, 0.29) is 18.2 Å². The van der Waals surface area contributed by atoms with Crippen LogP contribution in [0, 0.1) is 6.92 Å². The van der Waals surface area contributed by atoms with Crippen LogP contribution in [0.15, 0.2) is 29.6 Å². The van der Waals surface area contributed by atoms with Crippen LogP contribution in [-0.2, 0) is 11.2 Å². The summed E-state index contributed by atoms with van der Waals surface area (Å²) in [5, 5.41) is 8.15. The first kappa shape index (κ1) is 14.2. The maximum absolute atomic E-state index is 11.8. The quantitative estimate of drug-likeness (QED) is 0.904. The van der Waals surface area contributed by atoms with Gasteiger partial charge in [0.15, 0.2) is 0 Å².